The first-order valence-corrected chi connectivity index (χ1v) is 10.2. The number of aromatic hydroxyl groups is 1. The number of ether oxygens (including phenoxy) is 1. The molecule has 4 rings (SSSR count). The molecule has 6 nitrogen and oxygen atoms in total. The number of fused-ring (bicyclic) bond motifs is 2. The molecule has 1 aliphatic rings. The second kappa shape index (κ2) is 8.13. The Morgan fingerprint density at radius 1 is 1.20 bits per heavy atom. The van der Waals surface area contributed by atoms with Gasteiger partial charge in [-0.05, 0) is 56.2 Å². The minimum absolute atomic E-state index is 0.0351. The molecule has 0 fully saturated rings. The van der Waals surface area contributed by atoms with E-state index in [9.17, 15) is 14.7 Å². The van der Waals surface area contributed by atoms with E-state index in [1.54, 1.807) is 47.4 Å². The van der Waals surface area contributed by atoms with Crippen molar-refractivity contribution in [2.45, 2.75) is 32.4 Å². The highest BCUT2D eigenvalue weighted by atomic mass is 35.5. The van der Waals surface area contributed by atoms with Crippen LogP contribution in [0.25, 0.3) is 11.0 Å². The van der Waals surface area contributed by atoms with Gasteiger partial charge in [0.1, 0.15) is 11.3 Å². The summed E-state index contributed by atoms with van der Waals surface area (Å²) >= 11 is 6.08. The Labute approximate surface area is 178 Å². The third-order valence-corrected chi connectivity index (χ3v) is 5.34. The van der Waals surface area contributed by atoms with Crippen LogP contribution in [0.15, 0.2) is 51.7 Å². The lowest BCUT2D eigenvalue weighted by molar-refractivity contribution is 0.0593. The number of rotatable bonds is 6. The van der Waals surface area contributed by atoms with Crippen molar-refractivity contribution in [3.63, 3.8) is 0 Å². The summed E-state index contributed by atoms with van der Waals surface area (Å²) in [6.45, 7) is 4.77. The van der Waals surface area contributed by atoms with Gasteiger partial charge in [-0.15, -0.1) is 0 Å². The molecule has 2 heterocycles. The fourth-order valence-corrected chi connectivity index (χ4v) is 3.99. The molecule has 2 aromatic carbocycles. The fourth-order valence-electron chi connectivity index (χ4n) is 3.82. The predicted octanol–water partition coefficient (Wildman–Crippen LogP) is 4.51. The van der Waals surface area contributed by atoms with E-state index in [1.165, 1.54) is 0 Å². The molecular formula is C23H22ClNO5. The first-order chi connectivity index (χ1) is 14.4. The third-order valence-electron chi connectivity index (χ3n) is 5.11. The molecule has 0 spiro atoms. The second-order valence-electron chi connectivity index (χ2n) is 7.58. The van der Waals surface area contributed by atoms with Crippen LogP contribution in [0.5, 0.6) is 5.75 Å². The molecule has 0 saturated heterocycles. The zero-order valence-electron chi connectivity index (χ0n) is 16.7. The molecule has 7 heteroatoms. The summed E-state index contributed by atoms with van der Waals surface area (Å²) in [5.41, 5.74) is 0.929. The Hall–Kier alpha value is -2.83. The average molecular weight is 428 g/mol. The summed E-state index contributed by atoms with van der Waals surface area (Å²) in [7, 11) is 0. The van der Waals surface area contributed by atoms with Gasteiger partial charge < -0.3 is 19.2 Å². The fraction of sp³-hybridized carbons (Fsp3) is 0.304. The number of benzene rings is 2. The molecule has 1 atom stereocenters. The van der Waals surface area contributed by atoms with Gasteiger partial charge in [-0.2, -0.15) is 0 Å². The standard InChI is InChI=1S/C23H22ClNO5/c1-13(2)29-10-4-9-25-20(14-5-3-6-16(26)11-14)19-21(27)17-12-15(24)7-8-18(17)30-22(19)23(25)28/h3,5-8,11-13,20,26H,4,9-10H2,1-2H3. The lowest BCUT2D eigenvalue weighted by atomic mass is 9.98. The molecule has 1 aromatic heterocycles. The van der Waals surface area contributed by atoms with Crippen molar-refractivity contribution in [1.29, 1.82) is 0 Å². The number of phenols is 1. The van der Waals surface area contributed by atoms with E-state index in [1.807, 2.05) is 13.8 Å². The van der Waals surface area contributed by atoms with Crippen molar-refractivity contribution in [3.8, 4) is 5.75 Å². The second-order valence-corrected chi connectivity index (χ2v) is 8.02. The maximum absolute atomic E-state index is 13.4. The van der Waals surface area contributed by atoms with Crippen LogP contribution in [0.2, 0.25) is 5.02 Å². The molecule has 0 aliphatic carbocycles. The molecule has 156 valence electrons. The number of carbonyl (C=O) groups excluding carboxylic acids is 1. The highest BCUT2D eigenvalue weighted by Crippen LogP contribution is 2.39. The normalized spacial score (nSPS) is 15.9. The first-order valence-electron chi connectivity index (χ1n) is 9.84. The van der Waals surface area contributed by atoms with Crippen LogP contribution >= 0.6 is 11.6 Å². The van der Waals surface area contributed by atoms with Crippen LogP contribution in [0.1, 0.15) is 48.0 Å². The van der Waals surface area contributed by atoms with Gasteiger partial charge in [-0.25, -0.2) is 0 Å². The van der Waals surface area contributed by atoms with Crippen LogP contribution in [0, 0.1) is 0 Å². The highest BCUT2D eigenvalue weighted by molar-refractivity contribution is 6.31. The minimum atomic E-state index is -0.654. The van der Waals surface area contributed by atoms with E-state index in [2.05, 4.69) is 0 Å². The van der Waals surface area contributed by atoms with E-state index >= 15 is 0 Å². The van der Waals surface area contributed by atoms with Crippen LogP contribution in [-0.2, 0) is 4.74 Å². The maximum Gasteiger partial charge on any atom is 0.290 e. The number of hydrogen-bond donors (Lipinski definition) is 1. The smallest absolute Gasteiger partial charge is 0.290 e. The van der Waals surface area contributed by atoms with Gasteiger partial charge in [0.05, 0.1) is 23.1 Å². The monoisotopic (exact) mass is 427 g/mol. The number of amides is 1. The zero-order chi connectivity index (χ0) is 21.4. The largest absolute Gasteiger partial charge is 0.508 e. The third kappa shape index (κ3) is 3.68. The Morgan fingerprint density at radius 2 is 2.00 bits per heavy atom. The van der Waals surface area contributed by atoms with Crippen molar-refractivity contribution in [1.82, 2.24) is 4.90 Å². The summed E-state index contributed by atoms with van der Waals surface area (Å²) in [6, 6.07) is 10.7. The molecule has 0 saturated carbocycles. The van der Waals surface area contributed by atoms with Crippen molar-refractivity contribution in [2.75, 3.05) is 13.2 Å². The quantitative estimate of drug-likeness (QED) is 0.585. The number of nitrogens with zero attached hydrogens (tertiary/aromatic N) is 1. The zero-order valence-corrected chi connectivity index (χ0v) is 17.5. The van der Waals surface area contributed by atoms with Gasteiger partial charge in [-0.1, -0.05) is 23.7 Å². The Balaban J connectivity index is 1.83. The van der Waals surface area contributed by atoms with E-state index in [4.69, 9.17) is 20.8 Å². The van der Waals surface area contributed by atoms with Gasteiger partial charge in [0.2, 0.25) is 5.76 Å². The number of phenolic OH excluding ortho intramolecular Hbond substituents is 1. The molecule has 0 bridgehead atoms. The minimum Gasteiger partial charge on any atom is -0.508 e. The summed E-state index contributed by atoms with van der Waals surface area (Å²) in [6.07, 6.45) is 0.698. The molecule has 1 unspecified atom stereocenters. The molecule has 1 aliphatic heterocycles. The van der Waals surface area contributed by atoms with E-state index in [0.29, 0.717) is 41.1 Å². The van der Waals surface area contributed by atoms with Crippen molar-refractivity contribution in [2.24, 2.45) is 0 Å². The topological polar surface area (TPSA) is 80.0 Å². The molecule has 1 amide bonds. The Kier molecular flexibility index (Phi) is 5.54. The van der Waals surface area contributed by atoms with Crippen molar-refractivity contribution in [3.05, 3.63) is 74.6 Å². The summed E-state index contributed by atoms with van der Waals surface area (Å²) in [5, 5.41) is 10.7. The molecule has 30 heavy (non-hydrogen) atoms. The van der Waals surface area contributed by atoms with Gasteiger partial charge >= 0.3 is 0 Å². The Morgan fingerprint density at radius 3 is 2.73 bits per heavy atom. The van der Waals surface area contributed by atoms with Crippen LogP contribution < -0.4 is 5.43 Å². The molecular weight excluding hydrogens is 406 g/mol. The molecule has 3 aromatic rings. The summed E-state index contributed by atoms with van der Waals surface area (Å²) < 4.78 is 11.5. The highest BCUT2D eigenvalue weighted by Gasteiger charge is 2.42. The molecule has 0 radical (unpaired) electrons. The van der Waals surface area contributed by atoms with E-state index < -0.39 is 6.04 Å². The first kappa shape index (κ1) is 20.4. The maximum atomic E-state index is 13.4. The number of carbonyl (C=O) groups is 1. The van der Waals surface area contributed by atoms with Gasteiger partial charge in [0.15, 0.2) is 5.43 Å². The van der Waals surface area contributed by atoms with Crippen molar-refractivity contribution < 1.29 is 19.1 Å². The number of halogens is 1. The van der Waals surface area contributed by atoms with Crippen LogP contribution in [0.4, 0.5) is 0 Å². The van der Waals surface area contributed by atoms with Gasteiger partial charge in [-0.3, -0.25) is 9.59 Å². The lowest BCUT2D eigenvalue weighted by Crippen LogP contribution is -2.31. The van der Waals surface area contributed by atoms with Crippen LogP contribution in [-0.4, -0.2) is 35.2 Å². The lowest BCUT2D eigenvalue weighted by Gasteiger charge is -2.25. The average Bonchev–Trinajstić information content (AvgIpc) is 2.98. The van der Waals surface area contributed by atoms with Crippen molar-refractivity contribution >= 4 is 28.5 Å². The van der Waals surface area contributed by atoms with Gasteiger partial charge in [0.25, 0.3) is 5.91 Å². The summed E-state index contributed by atoms with van der Waals surface area (Å²) in [4.78, 5) is 28.2. The van der Waals surface area contributed by atoms with E-state index in [0.717, 1.165) is 0 Å². The SMILES string of the molecule is CC(C)OCCCN1C(=O)c2oc3ccc(Cl)cc3c(=O)c2C1c1cccc(O)c1. The van der Waals surface area contributed by atoms with E-state index in [-0.39, 0.29) is 34.5 Å². The molecule has 1 N–H and O–H groups in total. The van der Waals surface area contributed by atoms with Crippen LogP contribution in [0.3, 0.4) is 0 Å². The van der Waals surface area contributed by atoms with Gasteiger partial charge in [0, 0.05) is 18.2 Å². The number of hydrogen-bond acceptors (Lipinski definition) is 5. The summed E-state index contributed by atoms with van der Waals surface area (Å²) in [5.74, 6) is -0.255. The predicted molar refractivity (Wildman–Crippen MR) is 114 cm³/mol. The Bertz CT molecular complexity index is 1170.